The number of alkyl carbamates (subject to hydrolysis) is 1. The first kappa shape index (κ1) is 14.8. The third kappa shape index (κ3) is 3.94. The van der Waals surface area contributed by atoms with E-state index in [9.17, 15) is 4.79 Å². The Morgan fingerprint density at radius 3 is 3.00 bits per heavy atom. The van der Waals surface area contributed by atoms with E-state index >= 15 is 0 Å². The van der Waals surface area contributed by atoms with Gasteiger partial charge < -0.3 is 10.1 Å². The fraction of sp³-hybridized carbons (Fsp3) is 0.118. The lowest BCUT2D eigenvalue weighted by Crippen LogP contribution is -2.24. The first-order valence-electron chi connectivity index (χ1n) is 7.21. The molecule has 2 aromatic heterocycles. The average Bonchev–Trinajstić information content (AvgIpc) is 3.01. The second-order valence-corrected chi connectivity index (χ2v) is 4.83. The Bertz CT molecular complexity index is 812. The molecule has 0 aliphatic heterocycles. The van der Waals surface area contributed by atoms with Gasteiger partial charge in [0.15, 0.2) is 5.65 Å². The van der Waals surface area contributed by atoms with Gasteiger partial charge >= 0.3 is 6.09 Å². The minimum absolute atomic E-state index is 0.261. The van der Waals surface area contributed by atoms with E-state index in [-0.39, 0.29) is 6.61 Å². The summed E-state index contributed by atoms with van der Waals surface area (Å²) in [5.41, 5.74) is 2.65. The molecule has 6 heteroatoms. The van der Waals surface area contributed by atoms with Gasteiger partial charge in [-0.3, -0.25) is 9.38 Å². The maximum absolute atomic E-state index is 11.6. The van der Waals surface area contributed by atoms with Crippen molar-refractivity contribution in [2.75, 3.05) is 6.54 Å². The Morgan fingerprint density at radius 2 is 2.13 bits per heavy atom. The lowest BCUT2D eigenvalue weighted by Gasteiger charge is -2.05. The van der Waals surface area contributed by atoms with Crippen LogP contribution in [0.15, 0.2) is 61.2 Å². The maximum atomic E-state index is 11.6. The van der Waals surface area contributed by atoms with Crippen LogP contribution in [0.5, 0.6) is 0 Å². The summed E-state index contributed by atoms with van der Waals surface area (Å²) in [4.78, 5) is 19.8. The van der Waals surface area contributed by atoms with Crippen LogP contribution < -0.4 is 5.32 Å². The summed E-state index contributed by atoms with van der Waals surface area (Å²) in [6.07, 6.45) is 10.3. The molecule has 0 atom stereocenters. The van der Waals surface area contributed by atoms with Gasteiger partial charge in [-0.05, 0) is 11.6 Å². The summed E-state index contributed by atoms with van der Waals surface area (Å²) in [6.45, 7) is 0.641. The molecule has 0 saturated heterocycles. The molecule has 23 heavy (non-hydrogen) atoms. The summed E-state index contributed by atoms with van der Waals surface area (Å²) in [7, 11) is 0. The highest BCUT2D eigenvalue weighted by molar-refractivity contribution is 5.67. The van der Waals surface area contributed by atoms with E-state index in [1.807, 2.05) is 53.1 Å². The molecule has 2 heterocycles. The van der Waals surface area contributed by atoms with Crippen molar-refractivity contribution in [2.24, 2.45) is 0 Å². The molecule has 0 aliphatic carbocycles. The molecule has 116 valence electrons. The monoisotopic (exact) mass is 308 g/mol. The van der Waals surface area contributed by atoms with Crippen LogP contribution in [-0.2, 0) is 11.3 Å². The molecular formula is C17H16N4O2. The van der Waals surface area contributed by atoms with E-state index < -0.39 is 6.09 Å². The predicted molar refractivity (Wildman–Crippen MR) is 86.7 cm³/mol. The van der Waals surface area contributed by atoms with E-state index in [1.54, 1.807) is 18.6 Å². The molecule has 1 aromatic carbocycles. The summed E-state index contributed by atoms with van der Waals surface area (Å²) in [6, 6.07) is 9.56. The van der Waals surface area contributed by atoms with Gasteiger partial charge in [0.1, 0.15) is 6.61 Å². The normalized spacial score (nSPS) is 11.0. The Balaban J connectivity index is 1.46. The van der Waals surface area contributed by atoms with Gasteiger partial charge in [0.25, 0.3) is 0 Å². The van der Waals surface area contributed by atoms with Crippen molar-refractivity contribution in [3.63, 3.8) is 0 Å². The smallest absolute Gasteiger partial charge is 0.407 e. The highest BCUT2D eigenvalue weighted by Crippen LogP contribution is 2.06. The summed E-state index contributed by atoms with van der Waals surface area (Å²) in [5.74, 6) is 0. The standard InChI is InChI=1S/C17H16N4O2/c22-17(23-13-14-5-2-1-3-6-14)19-8-4-7-15-11-20-16-12-18-9-10-21(15)16/h1-7,9-12H,8,13H2,(H,19,22). The highest BCUT2D eigenvalue weighted by Gasteiger charge is 2.01. The number of fused-ring (bicyclic) bond motifs is 1. The number of nitrogens with one attached hydrogen (secondary N) is 1. The number of benzene rings is 1. The molecule has 1 N–H and O–H groups in total. The van der Waals surface area contributed by atoms with Gasteiger partial charge in [-0.2, -0.15) is 0 Å². The summed E-state index contributed by atoms with van der Waals surface area (Å²) >= 11 is 0. The van der Waals surface area contributed by atoms with Crippen LogP contribution in [-0.4, -0.2) is 27.0 Å². The Hall–Kier alpha value is -3.15. The van der Waals surface area contributed by atoms with Crippen LogP contribution in [0.2, 0.25) is 0 Å². The van der Waals surface area contributed by atoms with E-state index in [2.05, 4.69) is 15.3 Å². The third-order valence-electron chi connectivity index (χ3n) is 3.21. The number of aromatic nitrogens is 3. The Morgan fingerprint density at radius 1 is 1.26 bits per heavy atom. The highest BCUT2D eigenvalue weighted by atomic mass is 16.5. The number of hydrogen-bond acceptors (Lipinski definition) is 4. The molecule has 0 radical (unpaired) electrons. The number of nitrogens with zero attached hydrogens (tertiary/aromatic N) is 3. The SMILES string of the molecule is O=C(NCC=Cc1cnc2cnccn12)OCc1ccccc1. The fourth-order valence-electron chi connectivity index (χ4n) is 2.08. The van der Waals surface area contributed by atoms with Crippen molar-refractivity contribution in [3.05, 3.63) is 72.5 Å². The maximum Gasteiger partial charge on any atom is 0.407 e. The lowest BCUT2D eigenvalue weighted by atomic mass is 10.2. The number of ether oxygens (including phenoxy) is 1. The van der Waals surface area contributed by atoms with Crippen molar-refractivity contribution in [2.45, 2.75) is 6.61 Å². The van der Waals surface area contributed by atoms with Gasteiger partial charge in [0.05, 0.1) is 18.1 Å². The molecule has 0 saturated carbocycles. The number of amides is 1. The molecule has 1 amide bonds. The zero-order valence-electron chi connectivity index (χ0n) is 12.4. The predicted octanol–water partition coefficient (Wildman–Crippen LogP) is 2.67. The van der Waals surface area contributed by atoms with Crippen molar-refractivity contribution >= 4 is 17.8 Å². The van der Waals surface area contributed by atoms with Crippen LogP contribution in [0.4, 0.5) is 4.79 Å². The van der Waals surface area contributed by atoms with Crippen molar-refractivity contribution in [1.82, 2.24) is 19.7 Å². The zero-order valence-corrected chi connectivity index (χ0v) is 12.4. The minimum Gasteiger partial charge on any atom is -0.445 e. The number of carbonyl (C=O) groups is 1. The van der Waals surface area contributed by atoms with Gasteiger partial charge in [-0.25, -0.2) is 9.78 Å². The van der Waals surface area contributed by atoms with Gasteiger partial charge in [-0.1, -0.05) is 36.4 Å². The van der Waals surface area contributed by atoms with Crippen LogP contribution in [0.1, 0.15) is 11.3 Å². The molecule has 0 bridgehead atoms. The lowest BCUT2D eigenvalue weighted by molar-refractivity contribution is 0.141. The van der Waals surface area contributed by atoms with Crippen molar-refractivity contribution in [3.8, 4) is 0 Å². The van der Waals surface area contributed by atoms with Crippen LogP contribution >= 0.6 is 0 Å². The summed E-state index contributed by atoms with van der Waals surface area (Å²) < 4.78 is 7.04. The molecule has 0 aliphatic rings. The molecule has 0 unspecified atom stereocenters. The van der Waals surface area contributed by atoms with E-state index in [0.29, 0.717) is 6.54 Å². The van der Waals surface area contributed by atoms with Crippen LogP contribution in [0, 0.1) is 0 Å². The Kier molecular flexibility index (Phi) is 4.63. The third-order valence-corrected chi connectivity index (χ3v) is 3.21. The first-order valence-corrected chi connectivity index (χ1v) is 7.21. The number of hydrogen-bond donors (Lipinski definition) is 1. The van der Waals surface area contributed by atoms with Crippen LogP contribution in [0.25, 0.3) is 11.7 Å². The van der Waals surface area contributed by atoms with Gasteiger partial charge in [0.2, 0.25) is 0 Å². The Labute approximate surface area is 133 Å². The summed E-state index contributed by atoms with van der Waals surface area (Å²) in [5, 5.41) is 2.67. The number of rotatable bonds is 5. The van der Waals surface area contributed by atoms with E-state index in [4.69, 9.17) is 4.74 Å². The second kappa shape index (κ2) is 7.22. The average molecular weight is 308 g/mol. The molecule has 3 rings (SSSR count). The largest absolute Gasteiger partial charge is 0.445 e. The molecular weight excluding hydrogens is 292 g/mol. The number of carbonyl (C=O) groups excluding carboxylic acids is 1. The molecule has 0 spiro atoms. The fourth-order valence-corrected chi connectivity index (χ4v) is 2.08. The quantitative estimate of drug-likeness (QED) is 0.787. The van der Waals surface area contributed by atoms with E-state index in [0.717, 1.165) is 16.9 Å². The zero-order chi connectivity index (χ0) is 15.9. The number of imidazole rings is 1. The van der Waals surface area contributed by atoms with Crippen LogP contribution in [0.3, 0.4) is 0 Å². The van der Waals surface area contributed by atoms with Gasteiger partial charge in [-0.15, -0.1) is 0 Å². The molecule has 6 nitrogen and oxygen atoms in total. The topological polar surface area (TPSA) is 68.5 Å². The first-order chi connectivity index (χ1) is 11.3. The van der Waals surface area contributed by atoms with Crippen molar-refractivity contribution in [1.29, 1.82) is 0 Å². The molecule has 0 fully saturated rings. The van der Waals surface area contributed by atoms with Crippen molar-refractivity contribution < 1.29 is 9.53 Å². The second-order valence-electron chi connectivity index (χ2n) is 4.83. The van der Waals surface area contributed by atoms with E-state index in [1.165, 1.54) is 0 Å². The molecule has 3 aromatic rings. The van der Waals surface area contributed by atoms with Gasteiger partial charge in [0, 0.05) is 18.9 Å². The minimum atomic E-state index is -0.444.